The molecule has 0 aromatic carbocycles. The maximum Gasteiger partial charge on any atom is 0.339 e. The van der Waals surface area contributed by atoms with E-state index in [1.54, 1.807) is 32.9 Å². The highest BCUT2D eigenvalue weighted by molar-refractivity contribution is 5.93. The highest BCUT2D eigenvalue weighted by Gasteiger charge is 2.84. The van der Waals surface area contributed by atoms with E-state index in [-0.39, 0.29) is 36.9 Å². The van der Waals surface area contributed by atoms with Crippen molar-refractivity contribution in [1.29, 1.82) is 0 Å². The number of carbonyl (C=O) groups excluding carboxylic acids is 3. The van der Waals surface area contributed by atoms with Gasteiger partial charge in [-0.2, -0.15) is 0 Å². The predicted octanol–water partition coefficient (Wildman–Crippen LogP) is 2.20. The van der Waals surface area contributed by atoms with Crippen LogP contribution in [0.2, 0.25) is 0 Å². The molecule has 4 bridgehead atoms. The van der Waals surface area contributed by atoms with Crippen LogP contribution in [0.3, 0.4) is 0 Å². The van der Waals surface area contributed by atoms with Crippen molar-refractivity contribution in [1.82, 2.24) is 0 Å². The van der Waals surface area contributed by atoms with Crippen molar-refractivity contribution in [2.45, 2.75) is 114 Å². The van der Waals surface area contributed by atoms with Crippen LogP contribution in [0.15, 0.2) is 23.5 Å². The Balaban J connectivity index is 1.26. The third-order valence-corrected chi connectivity index (χ3v) is 10.8. The Kier molecular flexibility index (Phi) is 4.89. The summed E-state index contributed by atoms with van der Waals surface area (Å²) >= 11 is 0. The molecule has 6 aliphatic heterocycles. The van der Waals surface area contributed by atoms with Gasteiger partial charge in [0.25, 0.3) is 0 Å². The smallest absolute Gasteiger partial charge is 0.339 e. The summed E-state index contributed by atoms with van der Waals surface area (Å²) in [6, 6.07) is 0. The van der Waals surface area contributed by atoms with Gasteiger partial charge in [-0.05, 0) is 52.2 Å². The van der Waals surface area contributed by atoms with E-state index in [9.17, 15) is 24.6 Å². The Morgan fingerprint density at radius 3 is 2.56 bits per heavy atom. The van der Waals surface area contributed by atoms with Crippen molar-refractivity contribution in [3.05, 3.63) is 23.5 Å². The maximum absolute atomic E-state index is 13.9. The van der Waals surface area contributed by atoms with Crippen LogP contribution in [0.25, 0.3) is 0 Å². The Labute approximate surface area is 226 Å². The first kappa shape index (κ1) is 25.8. The van der Waals surface area contributed by atoms with E-state index >= 15 is 0 Å². The summed E-state index contributed by atoms with van der Waals surface area (Å²) in [5, 5.41) is 24.2. The number of hydrogen-bond donors (Lipinski definition) is 2. The van der Waals surface area contributed by atoms with Crippen LogP contribution in [0.1, 0.15) is 73.1 Å². The Morgan fingerprint density at radius 2 is 1.87 bits per heavy atom. The number of allylic oxidation sites excluding steroid dienone is 2. The fourth-order valence-corrected chi connectivity index (χ4v) is 9.33. The van der Waals surface area contributed by atoms with Crippen molar-refractivity contribution in [2.24, 2.45) is 23.2 Å². The molecule has 7 rings (SSSR count). The molecule has 1 aliphatic carbocycles. The first-order valence-corrected chi connectivity index (χ1v) is 14.0. The molecular formula is C29H36O10. The van der Waals surface area contributed by atoms with Gasteiger partial charge in [0.1, 0.15) is 23.2 Å². The highest BCUT2D eigenvalue weighted by atomic mass is 16.8. The highest BCUT2D eigenvalue weighted by Crippen LogP contribution is 2.71. The number of ether oxygens (including phenoxy) is 5. The summed E-state index contributed by atoms with van der Waals surface area (Å²) in [5.74, 6) is -6.33. The number of cyclic esters (lactones) is 1. The molecule has 2 spiro atoms. The molecule has 5 saturated heterocycles. The normalized spacial score (nSPS) is 52.5. The predicted molar refractivity (Wildman–Crippen MR) is 131 cm³/mol. The van der Waals surface area contributed by atoms with Gasteiger partial charge in [0, 0.05) is 29.7 Å². The fourth-order valence-electron chi connectivity index (χ4n) is 9.33. The van der Waals surface area contributed by atoms with Gasteiger partial charge in [0.15, 0.2) is 0 Å². The molecule has 1 saturated carbocycles. The molecule has 10 nitrogen and oxygen atoms in total. The minimum Gasteiger partial charge on any atom is -0.456 e. The third kappa shape index (κ3) is 3.12. The monoisotopic (exact) mass is 544 g/mol. The molecule has 0 unspecified atom stereocenters. The lowest BCUT2D eigenvalue weighted by molar-refractivity contribution is -0.361. The Morgan fingerprint density at radius 1 is 1.13 bits per heavy atom. The van der Waals surface area contributed by atoms with E-state index in [1.807, 2.05) is 13.8 Å². The molecule has 212 valence electrons. The molecular weight excluding hydrogens is 508 g/mol. The topological polar surface area (TPSA) is 138 Å². The van der Waals surface area contributed by atoms with Crippen molar-refractivity contribution >= 4 is 17.7 Å². The molecule has 0 amide bonds. The van der Waals surface area contributed by atoms with Gasteiger partial charge in [0.05, 0.1) is 35.6 Å². The SMILES string of the molecule is CC1=C/C(=C/[C@H](C)C(=O)[C@@]2(C)CC[C@]34C[C@]56OC(=O)C[C@H]5OC(C)(C)[C@@H]6[C@@H]5C[C@H]3[C@@](O)(O5)[C@](O)(C2)O4)OC1=O. The van der Waals surface area contributed by atoms with Gasteiger partial charge >= 0.3 is 11.9 Å². The lowest BCUT2D eigenvalue weighted by atomic mass is 9.63. The van der Waals surface area contributed by atoms with Crippen molar-refractivity contribution in [3.8, 4) is 0 Å². The minimum atomic E-state index is -2.14. The van der Waals surface area contributed by atoms with Gasteiger partial charge in [-0.25, -0.2) is 4.79 Å². The second kappa shape index (κ2) is 7.39. The summed E-state index contributed by atoms with van der Waals surface area (Å²) in [5.41, 5.74) is -3.39. The average Bonchev–Trinajstić information content (AvgIpc) is 3.46. The van der Waals surface area contributed by atoms with Crippen LogP contribution in [0, 0.1) is 23.2 Å². The number of esters is 2. The van der Waals surface area contributed by atoms with E-state index in [0.717, 1.165) is 0 Å². The number of fused-ring (bicyclic) bond motifs is 4. The van der Waals surface area contributed by atoms with Crippen LogP contribution >= 0.6 is 0 Å². The fraction of sp³-hybridized carbons (Fsp3) is 0.759. The van der Waals surface area contributed by atoms with Crippen molar-refractivity contribution in [3.63, 3.8) is 0 Å². The number of ketones is 1. The second-order valence-corrected chi connectivity index (χ2v) is 13.8. The quantitative estimate of drug-likeness (QED) is 0.509. The number of aliphatic hydroxyl groups is 2. The van der Waals surface area contributed by atoms with Crippen molar-refractivity contribution < 1.29 is 48.3 Å². The number of hydrogen-bond acceptors (Lipinski definition) is 10. The summed E-state index contributed by atoms with van der Waals surface area (Å²) in [4.78, 5) is 38.3. The van der Waals surface area contributed by atoms with Crippen LogP contribution in [-0.2, 0) is 38.1 Å². The molecule has 10 heteroatoms. The van der Waals surface area contributed by atoms with E-state index in [1.165, 1.54) is 0 Å². The zero-order valence-corrected chi connectivity index (χ0v) is 22.9. The molecule has 7 aliphatic rings. The van der Waals surface area contributed by atoms with Gasteiger partial charge in [0.2, 0.25) is 11.6 Å². The lowest BCUT2D eigenvalue weighted by Gasteiger charge is -2.46. The first-order chi connectivity index (χ1) is 18.1. The van der Waals surface area contributed by atoms with Gasteiger partial charge in [-0.15, -0.1) is 0 Å². The summed E-state index contributed by atoms with van der Waals surface area (Å²) in [6.45, 7) is 9.06. The van der Waals surface area contributed by atoms with E-state index in [4.69, 9.17) is 23.7 Å². The molecule has 6 fully saturated rings. The summed E-state index contributed by atoms with van der Waals surface area (Å²) in [6.07, 6.45) is 3.58. The van der Waals surface area contributed by atoms with Gasteiger partial charge < -0.3 is 33.9 Å². The third-order valence-electron chi connectivity index (χ3n) is 10.8. The number of Topliss-reactive ketones (excluding diaryl/α,β-unsaturated/α-hetero) is 1. The van der Waals surface area contributed by atoms with Crippen LogP contribution < -0.4 is 0 Å². The Bertz CT molecular complexity index is 1270. The summed E-state index contributed by atoms with van der Waals surface area (Å²) in [7, 11) is 0. The van der Waals surface area contributed by atoms with E-state index < -0.39 is 63.8 Å². The zero-order valence-electron chi connectivity index (χ0n) is 22.9. The van der Waals surface area contributed by atoms with Gasteiger partial charge in [-0.1, -0.05) is 13.8 Å². The average molecular weight is 545 g/mol. The maximum atomic E-state index is 13.9. The van der Waals surface area contributed by atoms with Crippen molar-refractivity contribution in [2.75, 3.05) is 0 Å². The van der Waals surface area contributed by atoms with Crippen LogP contribution in [0.4, 0.5) is 0 Å². The molecule has 10 atom stereocenters. The summed E-state index contributed by atoms with van der Waals surface area (Å²) < 4.78 is 30.6. The van der Waals surface area contributed by atoms with Crippen LogP contribution in [-0.4, -0.2) is 68.5 Å². The Hall–Kier alpha value is -2.11. The second-order valence-electron chi connectivity index (χ2n) is 13.8. The lowest BCUT2D eigenvalue weighted by Crippen LogP contribution is -2.60. The number of carbonyl (C=O) groups is 3. The van der Waals surface area contributed by atoms with E-state index in [2.05, 4.69) is 0 Å². The minimum absolute atomic E-state index is 0.128. The van der Waals surface area contributed by atoms with Crippen LogP contribution in [0.5, 0.6) is 0 Å². The standard InChI is InChI=1S/C29H36O10/c1-14(8-16-9-15(2)23(32)35-16)22(31)25(5)6-7-26-13-27-19(11-20(30)38-27)37-24(3,4)21(27)17-10-18(26)29(34,36-17)28(33,12-25)39-26/h8-9,14,17-19,21,33-34H,6-7,10-13H2,1-5H3/b16-8-/t14-,17-,18+,19+,21-,25-,26-,27-,28-,29+/m0/s1. The molecule has 39 heavy (non-hydrogen) atoms. The first-order valence-electron chi connectivity index (χ1n) is 14.0. The van der Waals surface area contributed by atoms with E-state index in [0.29, 0.717) is 30.6 Å². The molecule has 0 aromatic heterocycles. The van der Waals surface area contributed by atoms with Gasteiger partial charge in [-0.3, -0.25) is 9.59 Å². The largest absolute Gasteiger partial charge is 0.456 e. The number of rotatable bonds is 3. The molecule has 6 heterocycles. The molecule has 0 radical (unpaired) electrons. The molecule has 2 N–H and O–H groups in total. The zero-order chi connectivity index (χ0) is 28.0. The molecule has 0 aromatic rings.